The average Bonchev–Trinajstić information content (AvgIpc) is 3.36. The molecule has 2 atom stereocenters. The number of hydrogen-bond donors (Lipinski definition) is 2. The van der Waals surface area contributed by atoms with Gasteiger partial charge in [-0.1, -0.05) is 13.0 Å². The van der Waals surface area contributed by atoms with Crippen LogP contribution in [-0.2, 0) is 6.18 Å². The van der Waals surface area contributed by atoms with E-state index in [0.29, 0.717) is 35.1 Å². The van der Waals surface area contributed by atoms with Gasteiger partial charge in [0.1, 0.15) is 23.0 Å². The van der Waals surface area contributed by atoms with Gasteiger partial charge in [-0.2, -0.15) is 13.2 Å². The second-order valence-electron chi connectivity index (χ2n) is 6.69. The molecule has 0 spiro atoms. The summed E-state index contributed by atoms with van der Waals surface area (Å²) < 4.78 is 38.7. The van der Waals surface area contributed by atoms with Gasteiger partial charge >= 0.3 is 6.18 Å². The molecule has 9 heteroatoms. The van der Waals surface area contributed by atoms with Crippen LogP contribution in [0.4, 0.5) is 30.5 Å². The van der Waals surface area contributed by atoms with Crippen molar-refractivity contribution in [1.82, 2.24) is 19.9 Å². The van der Waals surface area contributed by atoms with Crippen LogP contribution in [0.5, 0.6) is 0 Å². The van der Waals surface area contributed by atoms with Gasteiger partial charge in [-0.25, -0.2) is 9.97 Å². The molecule has 0 aromatic carbocycles. The second-order valence-corrected chi connectivity index (χ2v) is 6.69. The smallest absolute Gasteiger partial charge is 0.367 e. The van der Waals surface area contributed by atoms with Crippen molar-refractivity contribution in [3.8, 4) is 11.5 Å². The van der Waals surface area contributed by atoms with Crippen molar-refractivity contribution >= 4 is 17.3 Å². The van der Waals surface area contributed by atoms with Crippen molar-refractivity contribution in [1.29, 1.82) is 0 Å². The Hall–Kier alpha value is -3.23. The molecule has 144 valence electrons. The lowest BCUT2D eigenvalue weighted by atomic mass is 10.3. The standard InChI is InChI=1S/C19H17F3N6/c1-11-8-14(11)26-17-10-16(27-18(28-17)13-4-2-3-6-23-13)25-12-5-7-24-15(9-12)19(20,21)22/h2-7,9-11,14H,8H2,1H3,(H2,24,25,26,27,28). The number of rotatable bonds is 5. The summed E-state index contributed by atoms with van der Waals surface area (Å²) in [6, 6.07) is 9.78. The highest BCUT2D eigenvalue weighted by Gasteiger charge is 2.33. The quantitative estimate of drug-likeness (QED) is 0.672. The summed E-state index contributed by atoms with van der Waals surface area (Å²) in [6.07, 6.45) is -0.729. The van der Waals surface area contributed by atoms with Crippen LogP contribution >= 0.6 is 0 Å². The lowest BCUT2D eigenvalue weighted by Crippen LogP contribution is -2.09. The Morgan fingerprint density at radius 2 is 1.79 bits per heavy atom. The minimum atomic E-state index is -4.52. The van der Waals surface area contributed by atoms with Crippen LogP contribution < -0.4 is 10.6 Å². The van der Waals surface area contributed by atoms with Crippen LogP contribution in [0.25, 0.3) is 11.5 Å². The zero-order chi connectivity index (χ0) is 19.7. The van der Waals surface area contributed by atoms with E-state index in [1.165, 1.54) is 6.07 Å². The molecule has 3 aromatic rings. The van der Waals surface area contributed by atoms with Gasteiger partial charge in [0, 0.05) is 30.2 Å². The van der Waals surface area contributed by atoms with Crippen LogP contribution in [0.1, 0.15) is 19.0 Å². The lowest BCUT2D eigenvalue weighted by Gasteiger charge is -2.12. The Balaban J connectivity index is 1.67. The lowest BCUT2D eigenvalue weighted by molar-refractivity contribution is -0.141. The molecule has 0 radical (unpaired) electrons. The van der Waals surface area contributed by atoms with Crippen molar-refractivity contribution in [3.05, 3.63) is 54.5 Å². The Bertz CT molecular complexity index is 977. The highest BCUT2D eigenvalue weighted by Crippen LogP contribution is 2.33. The van der Waals surface area contributed by atoms with Gasteiger partial charge in [0.25, 0.3) is 0 Å². The van der Waals surface area contributed by atoms with Gasteiger partial charge in [0.05, 0.1) is 0 Å². The van der Waals surface area contributed by atoms with Gasteiger partial charge < -0.3 is 10.6 Å². The Kier molecular flexibility index (Phi) is 4.58. The fourth-order valence-corrected chi connectivity index (χ4v) is 2.72. The van der Waals surface area contributed by atoms with Gasteiger partial charge in [-0.3, -0.25) is 9.97 Å². The number of halogens is 3. The van der Waals surface area contributed by atoms with E-state index in [1.807, 2.05) is 6.07 Å². The molecule has 6 nitrogen and oxygen atoms in total. The molecule has 4 rings (SSSR count). The normalized spacial score (nSPS) is 18.6. The van der Waals surface area contributed by atoms with Crippen molar-refractivity contribution in [2.75, 3.05) is 10.6 Å². The molecule has 2 N–H and O–H groups in total. The van der Waals surface area contributed by atoms with E-state index in [2.05, 4.69) is 37.5 Å². The Morgan fingerprint density at radius 1 is 1.00 bits per heavy atom. The molecule has 2 unspecified atom stereocenters. The Morgan fingerprint density at radius 3 is 2.46 bits per heavy atom. The maximum atomic E-state index is 12.9. The maximum Gasteiger partial charge on any atom is 0.433 e. The Labute approximate surface area is 159 Å². The third-order valence-corrected chi connectivity index (χ3v) is 4.39. The number of aromatic nitrogens is 4. The van der Waals surface area contributed by atoms with E-state index in [1.54, 1.807) is 24.4 Å². The topological polar surface area (TPSA) is 75.6 Å². The highest BCUT2D eigenvalue weighted by atomic mass is 19.4. The van der Waals surface area contributed by atoms with Crippen LogP contribution in [-0.4, -0.2) is 26.0 Å². The third-order valence-electron chi connectivity index (χ3n) is 4.39. The minimum Gasteiger partial charge on any atom is -0.367 e. The van der Waals surface area contributed by atoms with E-state index >= 15 is 0 Å². The molecule has 0 bridgehead atoms. The SMILES string of the molecule is CC1CC1Nc1cc(Nc2ccnc(C(F)(F)F)c2)nc(-c2ccccn2)n1. The van der Waals surface area contributed by atoms with E-state index in [0.717, 1.165) is 18.7 Å². The summed E-state index contributed by atoms with van der Waals surface area (Å²) in [7, 11) is 0. The number of nitrogens with one attached hydrogen (secondary N) is 2. The number of nitrogens with zero attached hydrogens (tertiary/aromatic N) is 4. The summed E-state index contributed by atoms with van der Waals surface area (Å²) in [5.41, 5.74) is -0.163. The molecule has 0 amide bonds. The van der Waals surface area contributed by atoms with Crippen LogP contribution in [0.2, 0.25) is 0 Å². The van der Waals surface area contributed by atoms with Crippen molar-refractivity contribution in [2.24, 2.45) is 5.92 Å². The van der Waals surface area contributed by atoms with Crippen molar-refractivity contribution < 1.29 is 13.2 Å². The van der Waals surface area contributed by atoms with Gasteiger partial charge in [0.15, 0.2) is 5.82 Å². The number of hydrogen-bond acceptors (Lipinski definition) is 6. The first-order chi connectivity index (χ1) is 13.4. The summed E-state index contributed by atoms with van der Waals surface area (Å²) >= 11 is 0. The largest absolute Gasteiger partial charge is 0.433 e. The van der Waals surface area contributed by atoms with E-state index in [9.17, 15) is 13.2 Å². The molecule has 28 heavy (non-hydrogen) atoms. The molecular formula is C19H17F3N6. The second kappa shape index (κ2) is 7.06. The summed E-state index contributed by atoms with van der Waals surface area (Å²) in [5.74, 6) is 1.90. The molecular weight excluding hydrogens is 369 g/mol. The van der Waals surface area contributed by atoms with E-state index in [-0.39, 0.29) is 5.69 Å². The summed E-state index contributed by atoms with van der Waals surface area (Å²) in [5, 5.41) is 6.24. The minimum absolute atomic E-state index is 0.235. The van der Waals surface area contributed by atoms with Crippen LogP contribution in [0.3, 0.4) is 0 Å². The fraction of sp³-hybridized carbons (Fsp3) is 0.263. The molecule has 1 aliphatic rings. The average molecular weight is 386 g/mol. The highest BCUT2D eigenvalue weighted by molar-refractivity contribution is 5.64. The fourth-order valence-electron chi connectivity index (χ4n) is 2.72. The monoisotopic (exact) mass is 386 g/mol. The van der Waals surface area contributed by atoms with Crippen LogP contribution in [0, 0.1) is 5.92 Å². The molecule has 0 saturated heterocycles. The molecule has 3 aromatic heterocycles. The third kappa shape index (κ3) is 4.19. The van der Waals surface area contributed by atoms with Gasteiger partial charge in [-0.05, 0) is 36.6 Å². The predicted molar refractivity (Wildman–Crippen MR) is 99.0 cm³/mol. The first kappa shape index (κ1) is 18.1. The molecule has 1 fully saturated rings. The zero-order valence-electron chi connectivity index (χ0n) is 14.9. The number of anilines is 3. The predicted octanol–water partition coefficient (Wildman–Crippen LogP) is 4.52. The van der Waals surface area contributed by atoms with Gasteiger partial charge in [0.2, 0.25) is 0 Å². The molecule has 1 aliphatic carbocycles. The molecule has 0 aliphatic heterocycles. The van der Waals surface area contributed by atoms with Crippen molar-refractivity contribution in [3.63, 3.8) is 0 Å². The zero-order valence-corrected chi connectivity index (χ0v) is 14.9. The number of alkyl halides is 3. The molecule has 1 saturated carbocycles. The van der Waals surface area contributed by atoms with Crippen molar-refractivity contribution in [2.45, 2.75) is 25.6 Å². The van der Waals surface area contributed by atoms with E-state index in [4.69, 9.17) is 0 Å². The van der Waals surface area contributed by atoms with E-state index < -0.39 is 11.9 Å². The van der Waals surface area contributed by atoms with Gasteiger partial charge in [-0.15, -0.1) is 0 Å². The first-order valence-electron chi connectivity index (χ1n) is 8.76. The summed E-state index contributed by atoms with van der Waals surface area (Å²) in [6.45, 7) is 2.13. The summed E-state index contributed by atoms with van der Waals surface area (Å²) in [4.78, 5) is 16.5. The number of pyridine rings is 2. The molecule has 3 heterocycles. The maximum absolute atomic E-state index is 12.9. The van der Waals surface area contributed by atoms with Crippen LogP contribution in [0.15, 0.2) is 48.8 Å². The first-order valence-corrected chi connectivity index (χ1v) is 8.76.